The molecule has 3 atom stereocenters. The van der Waals surface area contributed by atoms with Gasteiger partial charge in [-0.15, -0.1) is 0 Å². The monoisotopic (exact) mass is 356 g/mol. The number of hydrogen-bond donors (Lipinski definition) is 3. The van der Waals surface area contributed by atoms with Gasteiger partial charge in [0.25, 0.3) is 5.91 Å². The highest BCUT2D eigenvalue weighted by Gasteiger charge is 2.40. The molecule has 7 heteroatoms. The Morgan fingerprint density at radius 2 is 2.08 bits per heavy atom. The lowest BCUT2D eigenvalue weighted by atomic mass is 10.0. The zero-order valence-electron chi connectivity index (χ0n) is 14.9. The number of nitrogens with one attached hydrogen (secondary N) is 3. The van der Waals surface area contributed by atoms with Crippen molar-refractivity contribution in [2.24, 2.45) is 0 Å². The number of piperidine rings is 1. The first kappa shape index (κ1) is 17.2. The molecule has 3 aliphatic heterocycles. The Labute approximate surface area is 152 Å². The summed E-state index contributed by atoms with van der Waals surface area (Å²) in [6, 6.07) is 6.14. The Morgan fingerprint density at radius 3 is 2.81 bits per heavy atom. The van der Waals surface area contributed by atoms with Crippen LogP contribution in [0.15, 0.2) is 18.2 Å². The van der Waals surface area contributed by atoms with E-state index in [4.69, 9.17) is 0 Å². The average Bonchev–Trinajstić information content (AvgIpc) is 3.17. The molecular formula is C19H24N4O3. The molecule has 0 spiro atoms. The number of rotatable bonds is 4. The van der Waals surface area contributed by atoms with Crippen LogP contribution in [0.3, 0.4) is 0 Å². The van der Waals surface area contributed by atoms with Crippen LogP contribution in [0.2, 0.25) is 0 Å². The van der Waals surface area contributed by atoms with E-state index < -0.39 is 6.04 Å². The molecule has 3 N–H and O–H groups in total. The molecule has 4 rings (SSSR count). The van der Waals surface area contributed by atoms with Crippen LogP contribution in [0.5, 0.6) is 0 Å². The lowest BCUT2D eigenvalue weighted by Gasteiger charge is -2.29. The maximum absolute atomic E-state index is 13.0. The molecule has 0 radical (unpaired) electrons. The van der Waals surface area contributed by atoms with Crippen LogP contribution in [-0.2, 0) is 22.7 Å². The van der Waals surface area contributed by atoms with Gasteiger partial charge in [0.15, 0.2) is 0 Å². The second-order valence-electron chi connectivity index (χ2n) is 7.37. The summed E-state index contributed by atoms with van der Waals surface area (Å²) in [5.74, 6) is -0.739. The van der Waals surface area contributed by atoms with E-state index in [0.717, 1.165) is 24.1 Å². The number of fused-ring (bicyclic) bond motifs is 1. The fourth-order valence-electron chi connectivity index (χ4n) is 4.22. The van der Waals surface area contributed by atoms with Crippen LogP contribution >= 0.6 is 0 Å². The van der Waals surface area contributed by atoms with Crippen molar-refractivity contribution in [2.45, 2.75) is 57.4 Å². The molecular weight excluding hydrogens is 332 g/mol. The molecule has 0 aromatic heterocycles. The number of carbonyl (C=O) groups is 3. The predicted octanol–water partition coefficient (Wildman–Crippen LogP) is 0.288. The minimum absolute atomic E-state index is 0.107. The second-order valence-corrected chi connectivity index (χ2v) is 7.37. The molecule has 0 bridgehead atoms. The summed E-state index contributed by atoms with van der Waals surface area (Å²) in [6.07, 6.45) is 1.74. The van der Waals surface area contributed by atoms with Crippen LogP contribution in [0.4, 0.5) is 0 Å². The highest BCUT2D eigenvalue weighted by molar-refractivity contribution is 6.05. The summed E-state index contributed by atoms with van der Waals surface area (Å²) >= 11 is 0. The number of imide groups is 1. The van der Waals surface area contributed by atoms with Crippen molar-refractivity contribution in [2.75, 3.05) is 6.54 Å². The van der Waals surface area contributed by atoms with Gasteiger partial charge < -0.3 is 15.5 Å². The molecule has 0 saturated carbocycles. The van der Waals surface area contributed by atoms with Crippen molar-refractivity contribution in [3.8, 4) is 0 Å². The van der Waals surface area contributed by atoms with E-state index in [2.05, 4.69) is 22.9 Å². The van der Waals surface area contributed by atoms with Crippen LogP contribution in [-0.4, -0.2) is 47.3 Å². The normalized spacial score (nSPS) is 28.4. The maximum Gasteiger partial charge on any atom is 0.255 e. The van der Waals surface area contributed by atoms with Crippen molar-refractivity contribution in [3.63, 3.8) is 0 Å². The van der Waals surface area contributed by atoms with E-state index in [9.17, 15) is 14.4 Å². The Morgan fingerprint density at radius 1 is 1.23 bits per heavy atom. The van der Waals surface area contributed by atoms with Crippen molar-refractivity contribution < 1.29 is 14.4 Å². The summed E-state index contributed by atoms with van der Waals surface area (Å²) < 4.78 is 0. The van der Waals surface area contributed by atoms with Gasteiger partial charge in [-0.2, -0.15) is 0 Å². The molecule has 2 fully saturated rings. The lowest BCUT2D eigenvalue weighted by molar-refractivity contribution is -0.136. The van der Waals surface area contributed by atoms with E-state index in [0.29, 0.717) is 37.2 Å². The van der Waals surface area contributed by atoms with E-state index in [1.807, 2.05) is 18.2 Å². The van der Waals surface area contributed by atoms with Gasteiger partial charge in [-0.05, 0) is 37.4 Å². The molecule has 1 aromatic carbocycles. The van der Waals surface area contributed by atoms with Crippen LogP contribution in [0.1, 0.15) is 47.7 Å². The first-order valence-corrected chi connectivity index (χ1v) is 9.27. The summed E-state index contributed by atoms with van der Waals surface area (Å²) in [7, 11) is 0. The third-order valence-corrected chi connectivity index (χ3v) is 5.72. The topological polar surface area (TPSA) is 90.5 Å². The zero-order valence-corrected chi connectivity index (χ0v) is 14.9. The van der Waals surface area contributed by atoms with E-state index in [-0.39, 0.29) is 24.1 Å². The highest BCUT2D eigenvalue weighted by atomic mass is 16.2. The number of benzene rings is 1. The Bertz CT molecular complexity index is 763. The molecule has 2 saturated heterocycles. The van der Waals surface area contributed by atoms with Crippen molar-refractivity contribution >= 4 is 17.7 Å². The molecule has 7 nitrogen and oxygen atoms in total. The minimum Gasteiger partial charge on any atom is -0.322 e. The Kier molecular flexibility index (Phi) is 4.50. The fraction of sp³-hybridized carbons (Fsp3) is 0.526. The van der Waals surface area contributed by atoms with Crippen molar-refractivity contribution in [1.29, 1.82) is 0 Å². The smallest absolute Gasteiger partial charge is 0.255 e. The maximum atomic E-state index is 13.0. The Hall–Kier alpha value is -2.25. The van der Waals surface area contributed by atoms with Gasteiger partial charge in [0.1, 0.15) is 6.04 Å². The van der Waals surface area contributed by atoms with E-state index >= 15 is 0 Å². The summed E-state index contributed by atoms with van der Waals surface area (Å²) in [5.41, 5.74) is 2.64. The lowest BCUT2D eigenvalue weighted by Crippen LogP contribution is -2.52. The molecule has 138 valence electrons. The van der Waals surface area contributed by atoms with Crippen LogP contribution in [0.25, 0.3) is 0 Å². The number of amides is 3. The fourth-order valence-corrected chi connectivity index (χ4v) is 4.22. The van der Waals surface area contributed by atoms with E-state index in [1.54, 1.807) is 4.90 Å². The molecule has 3 amide bonds. The highest BCUT2D eigenvalue weighted by Crippen LogP contribution is 2.30. The van der Waals surface area contributed by atoms with Crippen molar-refractivity contribution in [1.82, 2.24) is 20.9 Å². The van der Waals surface area contributed by atoms with Gasteiger partial charge in [-0.3, -0.25) is 19.7 Å². The quantitative estimate of drug-likeness (QED) is 0.675. The largest absolute Gasteiger partial charge is 0.322 e. The predicted molar refractivity (Wildman–Crippen MR) is 95.2 cm³/mol. The molecule has 0 aliphatic carbocycles. The van der Waals surface area contributed by atoms with Gasteiger partial charge >= 0.3 is 0 Å². The molecule has 3 aliphatic rings. The van der Waals surface area contributed by atoms with Gasteiger partial charge in [-0.25, -0.2) is 0 Å². The standard InChI is InChI=1S/C19H24N4O3/c1-11-14(7-8-20-11)21-9-12-3-2-4-13-10-23(19(26)17(12)13)15-5-6-16(24)22-18(15)25/h2-4,11,14-15,20-21H,5-10H2,1H3,(H,22,24,25)/t11-,14+,15?/m1/s1. The van der Waals surface area contributed by atoms with Gasteiger partial charge in [0, 0.05) is 37.2 Å². The summed E-state index contributed by atoms with van der Waals surface area (Å²) in [4.78, 5) is 38.2. The number of hydrogen-bond acceptors (Lipinski definition) is 5. The molecule has 3 heterocycles. The molecule has 1 unspecified atom stereocenters. The van der Waals surface area contributed by atoms with Gasteiger partial charge in [-0.1, -0.05) is 18.2 Å². The number of nitrogens with zero attached hydrogens (tertiary/aromatic N) is 1. The number of carbonyl (C=O) groups excluding carboxylic acids is 3. The Balaban J connectivity index is 1.51. The van der Waals surface area contributed by atoms with Crippen LogP contribution < -0.4 is 16.0 Å². The van der Waals surface area contributed by atoms with Crippen molar-refractivity contribution in [3.05, 3.63) is 34.9 Å². The van der Waals surface area contributed by atoms with E-state index in [1.165, 1.54) is 0 Å². The van der Waals surface area contributed by atoms with Crippen LogP contribution in [0, 0.1) is 0 Å². The molecule has 26 heavy (non-hydrogen) atoms. The minimum atomic E-state index is -0.563. The third kappa shape index (κ3) is 3.01. The summed E-state index contributed by atoms with van der Waals surface area (Å²) in [6.45, 7) is 4.23. The zero-order chi connectivity index (χ0) is 18.3. The first-order valence-electron chi connectivity index (χ1n) is 9.27. The second kappa shape index (κ2) is 6.81. The summed E-state index contributed by atoms with van der Waals surface area (Å²) in [5, 5.41) is 9.31. The van der Waals surface area contributed by atoms with Gasteiger partial charge in [0.2, 0.25) is 11.8 Å². The third-order valence-electron chi connectivity index (χ3n) is 5.72. The SMILES string of the molecule is C[C@H]1NCC[C@@H]1NCc1cccc2c1C(=O)N(C1CCC(=O)NC1=O)C2. The average molecular weight is 356 g/mol. The molecule has 1 aromatic rings. The first-order chi connectivity index (χ1) is 12.5. The van der Waals surface area contributed by atoms with Gasteiger partial charge in [0.05, 0.1) is 0 Å².